The second-order valence-corrected chi connectivity index (χ2v) is 7.68. The molecule has 2 rings (SSSR count). The molecule has 0 bridgehead atoms. The third-order valence-electron chi connectivity index (χ3n) is 4.54. The number of amides is 2. The zero-order valence-corrected chi connectivity index (χ0v) is 14.6. The molecule has 0 unspecified atom stereocenters. The van der Waals surface area contributed by atoms with Gasteiger partial charge in [0.25, 0.3) is 0 Å². The first-order valence-corrected chi connectivity index (χ1v) is 8.48. The van der Waals surface area contributed by atoms with Crippen LogP contribution in [0.1, 0.15) is 58.9 Å². The van der Waals surface area contributed by atoms with Gasteiger partial charge in [-0.25, -0.2) is 0 Å². The van der Waals surface area contributed by atoms with Crippen LogP contribution in [0.3, 0.4) is 0 Å². The second kappa shape index (κ2) is 7.16. The molecule has 2 N–H and O–H groups in total. The van der Waals surface area contributed by atoms with Crippen molar-refractivity contribution in [1.82, 2.24) is 5.32 Å². The summed E-state index contributed by atoms with van der Waals surface area (Å²) in [6, 6.07) is 7.76. The Morgan fingerprint density at radius 1 is 1.00 bits per heavy atom. The molecule has 0 spiro atoms. The van der Waals surface area contributed by atoms with Crippen molar-refractivity contribution < 1.29 is 9.59 Å². The van der Waals surface area contributed by atoms with Crippen LogP contribution in [0.4, 0.5) is 5.69 Å². The molecule has 1 aromatic carbocycles. The monoisotopic (exact) mass is 316 g/mol. The van der Waals surface area contributed by atoms with Crippen molar-refractivity contribution in [2.45, 2.75) is 64.8 Å². The van der Waals surface area contributed by atoms with Crippen LogP contribution in [0.5, 0.6) is 0 Å². The highest BCUT2D eigenvalue weighted by Gasteiger charge is 2.24. The summed E-state index contributed by atoms with van der Waals surface area (Å²) in [7, 11) is 0. The molecule has 0 heterocycles. The van der Waals surface area contributed by atoms with Gasteiger partial charge in [-0.2, -0.15) is 0 Å². The van der Waals surface area contributed by atoms with Crippen LogP contribution in [0.25, 0.3) is 0 Å². The van der Waals surface area contributed by atoms with Gasteiger partial charge in [0.15, 0.2) is 0 Å². The lowest BCUT2D eigenvalue weighted by Gasteiger charge is -2.27. The van der Waals surface area contributed by atoms with E-state index < -0.39 is 11.8 Å². The number of carbonyl (C=O) groups excluding carboxylic acids is 2. The molecule has 0 saturated heterocycles. The van der Waals surface area contributed by atoms with Crippen molar-refractivity contribution in [3.05, 3.63) is 29.8 Å². The molecule has 4 nitrogen and oxygen atoms in total. The first-order chi connectivity index (χ1) is 10.8. The molecule has 126 valence electrons. The number of anilines is 1. The predicted octanol–water partition coefficient (Wildman–Crippen LogP) is 3.62. The van der Waals surface area contributed by atoms with E-state index in [1.54, 1.807) is 0 Å². The summed E-state index contributed by atoms with van der Waals surface area (Å²) in [6.07, 6.45) is 4.14. The smallest absolute Gasteiger partial charge is 0.313 e. The molecule has 0 radical (unpaired) electrons. The number of benzene rings is 1. The lowest BCUT2D eigenvalue weighted by molar-refractivity contribution is -0.136. The Hall–Kier alpha value is -1.84. The van der Waals surface area contributed by atoms with Crippen LogP contribution < -0.4 is 10.6 Å². The van der Waals surface area contributed by atoms with Crippen molar-refractivity contribution in [2.24, 2.45) is 5.92 Å². The molecule has 4 heteroatoms. The molecule has 1 aliphatic carbocycles. The molecule has 1 aliphatic rings. The predicted molar refractivity (Wildman–Crippen MR) is 93.3 cm³/mol. The SMILES string of the molecule is CC1CCC(NC(=O)C(=O)Nc2ccccc2C(C)(C)C)CC1. The number of hydrogen-bond donors (Lipinski definition) is 2. The van der Waals surface area contributed by atoms with E-state index in [9.17, 15) is 9.59 Å². The second-order valence-electron chi connectivity index (χ2n) is 7.68. The van der Waals surface area contributed by atoms with E-state index in [-0.39, 0.29) is 11.5 Å². The molecular formula is C19H28N2O2. The largest absolute Gasteiger partial charge is 0.345 e. The first-order valence-electron chi connectivity index (χ1n) is 8.48. The van der Waals surface area contributed by atoms with Crippen LogP contribution in [0.15, 0.2) is 24.3 Å². The molecule has 1 aromatic rings. The Kier molecular flexibility index (Phi) is 5.45. The maximum Gasteiger partial charge on any atom is 0.313 e. The minimum atomic E-state index is -0.583. The fourth-order valence-electron chi connectivity index (χ4n) is 3.08. The third-order valence-corrected chi connectivity index (χ3v) is 4.54. The van der Waals surface area contributed by atoms with Gasteiger partial charge in [-0.05, 0) is 48.6 Å². The van der Waals surface area contributed by atoms with E-state index in [2.05, 4.69) is 38.3 Å². The van der Waals surface area contributed by atoms with Crippen molar-refractivity contribution in [2.75, 3.05) is 5.32 Å². The molecule has 0 aromatic heterocycles. The van der Waals surface area contributed by atoms with Gasteiger partial charge in [-0.1, -0.05) is 45.9 Å². The highest BCUT2D eigenvalue weighted by atomic mass is 16.2. The Morgan fingerprint density at radius 2 is 1.61 bits per heavy atom. The minimum Gasteiger partial charge on any atom is -0.345 e. The van der Waals surface area contributed by atoms with Crippen molar-refractivity contribution in [3.8, 4) is 0 Å². The van der Waals surface area contributed by atoms with Crippen LogP contribution in [0, 0.1) is 5.92 Å². The summed E-state index contributed by atoms with van der Waals surface area (Å²) in [6.45, 7) is 8.48. The van der Waals surface area contributed by atoms with Gasteiger partial charge < -0.3 is 10.6 Å². The summed E-state index contributed by atoms with van der Waals surface area (Å²) in [4.78, 5) is 24.3. The summed E-state index contributed by atoms with van der Waals surface area (Å²) < 4.78 is 0. The highest BCUT2D eigenvalue weighted by molar-refractivity contribution is 6.39. The topological polar surface area (TPSA) is 58.2 Å². The van der Waals surface area contributed by atoms with Crippen LogP contribution in [-0.2, 0) is 15.0 Å². The Labute approximate surface area is 139 Å². The standard InChI is InChI=1S/C19H28N2O2/c1-13-9-11-14(12-10-13)20-17(22)18(23)21-16-8-6-5-7-15(16)19(2,3)4/h5-8,13-14H,9-12H2,1-4H3,(H,20,22)(H,21,23). The zero-order valence-electron chi connectivity index (χ0n) is 14.6. The fraction of sp³-hybridized carbons (Fsp3) is 0.579. The molecule has 0 aliphatic heterocycles. The minimum absolute atomic E-state index is 0.0974. The Balaban J connectivity index is 1.98. The normalized spacial score (nSPS) is 21.6. The van der Waals surface area contributed by atoms with Crippen molar-refractivity contribution >= 4 is 17.5 Å². The van der Waals surface area contributed by atoms with Gasteiger partial charge in [-0.15, -0.1) is 0 Å². The van der Waals surface area contributed by atoms with E-state index in [1.165, 1.54) is 0 Å². The fourth-order valence-corrected chi connectivity index (χ4v) is 3.08. The number of hydrogen-bond acceptors (Lipinski definition) is 2. The number of rotatable bonds is 2. The molecule has 1 saturated carbocycles. The third kappa shape index (κ3) is 4.81. The average Bonchev–Trinajstić information content (AvgIpc) is 2.49. The van der Waals surface area contributed by atoms with Gasteiger partial charge in [-0.3, -0.25) is 9.59 Å². The van der Waals surface area contributed by atoms with Crippen LogP contribution >= 0.6 is 0 Å². The van der Waals surface area contributed by atoms with Gasteiger partial charge in [0, 0.05) is 11.7 Å². The maximum absolute atomic E-state index is 12.2. The lowest BCUT2D eigenvalue weighted by Crippen LogP contribution is -2.43. The lowest BCUT2D eigenvalue weighted by atomic mass is 9.86. The summed E-state index contributed by atoms with van der Waals surface area (Å²) >= 11 is 0. The highest BCUT2D eigenvalue weighted by Crippen LogP contribution is 2.29. The molecule has 0 atom stereocenters. The number of carbonyl (C=O) groups is 2. The van der Waals surface area contributed by atoms with Crippen molar-refractivity contribution in [3.63, 3.8) is 0 Å². The van der Waals surface area contributed by atoms with E-state index in [1.807, 2.05) is 24.3 Å². The Morgan fingerprint density at radius 3 is 2.22 bits per heavy atom. The van der Waals surface area contributed by atoms with Gasteiger partial charge >= 0.3 is 11.8 Å². The average molecular weight is 316 g/mol. The number of nitrogens with one attached hydrogen (secondary N) is 2. The van der Waals surface area contributed by atoms with Crippen LogP contribution in [-0.4, -0.2) is 17.9 Å². The molecule has 2 amide bonds. The van der Waals surface area contributed by atoms with E-state index in [4.69, 9.17) is 0 Å². The first kappa shape index (κ1) is 17.5. The Bertz CT molecular complexity index is 567. The van der Waals surface area contributed by atoms with Gasteiger partial charge in [0.1, 0.15) is 0 Å². The zero-order chi connectivity index (χ0) is 17.0. The summed E-state index contributed by atoms with van der Waals surface area (Å²) in [5.41, 5.74) is 1.63. The quantitative estimate of drug-likeness (QED) is 0.819. The van der Waals surface area contributed by atoms with Crippen LogP contribution in [0.2, 0.25) is 0 Å². The number of para-hydroxylation sites is 1. The molecule has 23 heavy (non-hydrogen) atoms. The molecular weight excluding hydrogens is 288 g/mol. The van der Waals surface area contributed by atoms with E-state index >= 15 is 0 Å². The summed E-state index contributed by atoms with van der Waals surface area (Å²) in [5, 5.41) is 5.63. The maximum atomic E-state index is 12.2. The van der Waals surface area contributed by atoms with Gasteiger partial charge in [0.2, 0.25) is 0 Å². The van der Waals surface area contributed by atoms with Gasteiger partial charge in [0.05, 0.1) is 0 Å². The van der Waals surface area contributed by atoms with E-state index in [0.717, 1.165) is 37.2 Å². The van der Waals surface area contributed by atoms with E-state index in [0.29, 0.717) is 5.69 Å². The molecule has 1 fully saturated rings. The van der Waals surface area contributed by atoms with Crippen molar-refractivity contribution in [1.29, 1.82) is 0 Å². The summed E-state index contributed by atoms with van der Waals surface area (Å²) in [5.74, 6) is -0.399.